The molecule has 12 nitrogen and oxygen atoms in total. The Bertz CT molecular complexity index is 2250. The summed E-state index contributed by atoms with van der Waals surface area (Å²) < 4.78 is 22.2. The van der Waals surface area contributed by atoms with Gasteiger partial charge in [0, 0.05) is 45.0 Å². The smallest absolute Gasteiger partial charge is 0.340 e. The summed E-state index contributed by atoms with van der Waals surface area (Å²) in [6.07, 6.45) is 0. The predicted octanol–water partition coefficient (Wildman–Crippen LogP) is 11.0. The van der Waals surface area contributed by atoms with Gasteiger partial charge >= 0.3 is 23.9 Å². The topological polar surface area (TPSA) is 153 Å². The first-order valence-corrected chi connectivity index (χ1v) is 19.7. The van der Waals surface area contributed by atoms with Gasteiger partial charge in [-0.05, 0) is 76.2 Å². The van der Waals surface area contributed by atoms with Crippen molar-refractivity contribution in [3.63, 3.8) is 0 Å². The third kappa shape index (κ3) is 8.48. The number of para-hydroxylation sites is 4. The zero-order chi connectivity index (χ0) is 42.2. The van der Waals surface area contributed by atoms with Gasteiger partial charge in [-0.2, -0.15) is 0 Å². The highest BCUT2D eigenvalue weighted by atomic mass is 16.5. The van der Waals surface area contributed by atoms with Crippen molar-refractivity contribution >= 4 is 69.4 Å². The number of carbonyl (C=O) groups excluding carboxylic acids is 4. The van der Waals surface area contributed by atoms with Crippen molar-refractivity contribution in [2.24, 2.45) is 0 Å². The minimum atomic E-state index is -0.602. The maximum absolute atomic E-state index is 13.8. The number of rotatable bonds is 8. The van der Waals surface area contributed by atoms with E-state index in [4.69, 9.17) is 18.9 Å². The van der Waals surface area contributed by atoms with Gasteiger partial charge in [-0.1, -0.05) is 72.8 Å². The molecule has 4 aliphatic heterocycles. The lowest BCUT2D eigenvalue weighted by Gasteiger charge is -2.23. The average molecular weight is 805 g/mol. The first kappa shape index (κ1) is 40.6. The first-order chi connectivity index (χ1) is 29.2. The van der Waals surface area contributed by atoms with E-state index in [1.807, 2.05) is 97.1 Å². The van der Waals surface area contributed by atoms with Crippen LogP contribution in [0.3, 0.4) is 0 Å². The van der Waals surface area contributed by atoms with Crippen LogP contribution in [0.1, 0.15) is 69.1 Å². The molecule has 60 heavy (non-hydrogen) atoms. The molecule has 0 amide bonds. The van der Waals surface area contributed by atoms with Gasteiger partial charge in [-0.25, -0.2) is 19.2 Å². The number of nitrogens with one attached hydrogen (secondary N) is 4. The Hall–Kier alpha value is -7.60. The van der Waals surface area contributed by atoms with Crippen molar-refractivity contribution in [2.75, 3.05) is 47.7 Å². The lowest BCUT2D eigenvalue weighted by Crippen LogP contribution is -2.14. The molecular weight excluding hydrogens is 761 g/mol. The van der Waals surface area contributed by atoms with E-state index in [1.165, 1.54) is 0 Å². The highest BCUT2D eigenvalue weighted by Gasteiger charge is 2.26. The molecule has 0 radical (unpaired) electrons. The van der Waals surface area contributed by atoms with Crippen LogP contribution in [0.4, 0.5) is 45.5 Å². The zero-order valence-corrected chi connectivity index (χ0v) is 33.6. The Morgan fingerprint density at radius 1 is 0.333 bits per heavy atom. The molecule has 0 unspecified atom stereocenters. The highest BCUT2D eigenvalue weighted by Crippen LogP contribution is 2.42. The van der Waals surface area contributed by atoms with Gasteiger partial charge in [0.2, 0.25) is 0 Å². The van der Waals surface area contributed by atoms with E-state index in [9.17, 15) is 19.2 Å². The van der Waals surface area contributed by atoms with E-state index < -0.39 is 23.9 Å². The number of benzene rings is 6. The predicted molar refractivity (Wildman–Crippen MR) is 234 cm³/mol. The molecule has 0 saturated heterocycles. The molecule has 0 spiro atoms. The molecular formula is C48H44N4O8. The molecule has 4 bridgehead atoms. The van der Waals surface area contributed by atoms with E-state index in [2.05, 4.69) is 21.3 Å². The first-order valence-electron chi connectivity index (χ1n) is 19.7. The van der Waals surface area contributed by atoms with Gasteiger partial charge in [0.25, 0.3) is 0 Å². The second-order valence-corrected chi connectivity index (χ2v) is 13.5. The van der Waals surface area contributed by atoms with Crippen molar-refractivity contribution in [1.82, 2.24) is 0 Å². The number of hydrogen-bond acceptors (Lipinski definition) is 12. The summed E-state index contributed by atoms with van der Waals surface area (Å²) in [6.45, 7) is 7.38. The van der Waals surface area contributed by atoms with E-state index in [0.29, 0.717) is 67.8 Å². The number of ether oxygens (including phenoxy) is 4. The van der Waals surface area contributed by atoms with Gasteiger partial charge < -0.3 is 40.2 Å². The zero-order valence-electron chi connectivity index (χ0n) is 33.6. The fourth-order valence-electron chi connectivity index (χ4n) is 7.01. The molecule has 4 heterocycles. The molecule has 6 aromatic carbocycles. The molecule has 304 valence electrons. The maximum atomic E-state index is 13.8. The van der Waals surface area contributed by atoms with Crippen molar-refractivity contribution < 1.29 is 38.1 Å². The van der Waals surface area contributed by atoms with Crippen LogP contribution in [-0.2, 0) is 18.9 Å². The lowest BCUT2D eigenvalue weighted by molar-refractivity contribution is 0.0513. The van der Waals surface area contributed by atoms with Crippen LogP contribution >= 0.6 is 0 Å². The van der Waals surface area contributed by atoms with Gasteiger partial charge in [-0.3, -0.25) is 0 Å². The Kier molecular flexibility index (Phi) is 12.4. The summed E-state index contributed by atoms with van der Waals surface area (Å²) in [4.78, 5) is 55.1. The summed E-state index contributed by atoms with van der Waals surface area (Å²) in [5.41, 5.74) is 7.06. The van der Waals surface area contributed by atoms with E-state index >= 15 is 0 Å². The number of hydrogen-bond donors (Lipinski definition) is 4. The quantitative estimate of drug-likeness (QED) is 0.0854. The summed E-state index contributed by atoms with van der Waals surface area (Å²) in [6, 6.07) is 36.2. The fourth-order valence-corrected chi connectivity index (χ4v) is 7.01. The van der Waals surface area contributed by atoms with Crippen LogP contribution in [0.25, 0.3) is 22.3 Å². The molecule has 4 N–H and O–H groups in total. The van der Waals surface area contributed by atoms with Gasteiger partial charge in [0.15, 0.2) is 0 Å². The SMILES string of the molecule is CCOC(=O)c1cc2c(C(=O)OCC)cc1Nc1ccccc1-c1ccccc1Nc1cc(C(=O)OCC)c(cc1C(=O)OCC)Nc1ccccc1-c1ccccc1N2. The van der Waals surface area contributed by atoms with Crippen LogP contribution in [0.2, 0.25) is 0 Å². The van der Waals surface area contributed by atoms with E-state index in [0.717, 1.165) is 0 Å². The molecule has 0 fully saturated rings. The molecule has 10 rings (SSSR count). The Labute approximate surface area is 347 Å². The summed E-state index contributed by atoms with van der Waals surface area (Å²) in [5, 5.41) is 13.7. The molecule has 0 atom stereocenters. The second kappa shape index (κ2) is 18.3. The third-order valence-corrected chi connectivity index (χ3v) is 9.66. The standard InChI is InChI=1S/C48H44N4O8/c1-5-57-45(53)33-25-42-34(46(54)58-6-2)26-41(33)49-37-21-13-9-17-29(37)30-18-11-15-23-39(30)51-43-27-36(48(56)60-8-4)44(28-35(43)47(55)59-7-3)52-40-24-16-12-20-32(40)31-19-10-14-22-38(31)50-42/h9-28,49-52H,5-8H2,1-4H3. The Morgan fingerprint density at radius 2 is 0.533 bits per heavy atom. The van der Waals surface area contributed by atoms with Crippen LogP contribution in [0.5, 0.6) is 0 Å². The molecule has 0 aliphatic carbocycles. The van der Waals surface area contributed by atoms with Crippen LogP contribution in [-0.4, -0.2) is 50.3 Å². The van der Waals surface area contributed by atoms with Crippen LogP contribution in [0, 0.1) is 0 Å². The van der Waals surface area contributed by atoms with Gasteiger partial charge in [0.1, 0.15) is 0 Å². The fraction of sp³-hybridized carbons (Fsp3) is 0.167. The number of esters is 4. The van der Waals surface area contributed by atoms with Crippen molar-refractivity contribution in [2.45, 2.75) is 27.7 Å². The summed E-state index contributed by atoms with van der Waals surface area (Å²) in [5.74, 6) is -2.41. The lowest BCUT2D eigenvalue weighted by atomic mass is 9.98. The van der Waals surface area contributed by atoms with Crippen molar-refractivity contribution in [3.05, 3.63) is 144 Å². The van der Waals surface area contributed by atoms with Crippen LogP contribution in [0.15, 0.2) is 121 Å². The summed E-state index contributed by atoms with van der Waals surface area (Å²) in [7, 11) is 0. The largest absolute Gasteiger partial charge is 0.462 e. The van der Waals surface area contributed by atoms with Crippen molar-refractivity contribution in [3.8, 4) is 22.3 Å². The van der Waals surface area contributed by atoms with Gasteiger partial charge in [-0.15, -0.1) is 0 Å². The maximum Gasteiger partial charge on any atom is 0.340 e. The second-order valence-electron chi connectivity index (χ2n) is 13.5. The average Bonchev–Trinajstić information content (AvgIpc) is 3.25. The van der Waals surface area contributed by atoms with Crippen LogP contribution < -0.4 is 21.3 Å². The number of anilines is 8. The molecule has 0 saturated carbocycles. The van der Waals surface area contributed by atoms with Gasteiger partial charge in [0.05, 0.1) is 71.4 Å². The van der Waals surface area contributed by atoms with E-state index in [-0.39, 0.29) is 48.7 Å². The Balaban J connectivity index is 1.55. The third-order valence-electron chi connectivity index (χ3n) is 9.66. The molecule has 6 aromatic rings. The monoisotopic (exact) mass is 804 g/mol. The minimum absolute atomic E-state index is 0.120. The molecule has 4 aliphatic rings. The normalized spacial score (nSPS) is 11.4. The summed E-state index contributed by atoms with van der Waals surface area (Å²) >= 11 is 0. The highest BCUT2D eigenvalue weighted by molar-refractivity contribution is 6.08. The van der Waals surface area contributed by atoms with E-state index in [1.54, 1.807) is 52.0 Å². The Morgan fingerprint density at radius 3 is 0.733 bits per heavy atom. The molecule has 0 aromatic heterocycles. The minimum Gasteiger partial charge on any atom is -0.462 e. The molecule has 12 heteroatoms. The number of carbonyl (C=O) groups is 4. The van der Waals surface area contributed by atoms with Crippen molar-refractivity contribution in [1.29, 1.82) is 0 Å².